The summed E-state index contributed by atoms with van der Waals surface area (Å²) in [7, 11) is 18.2. The van der Waals surface area contributed by atoms with Gasteiger partial charge in [-0.25, -0.2) is 0 Å². The quantitative estimate of drug-likeness (QED) is 0.0799. The molecule has 0 fully saturated rings. The number of benzene rings is 6. The molecule has 2 aliphatic rings. The topological polar surface area (TPSA) is 0 Å². The standard InChI is InChI=1S/2C20H15.C6H13Cl6Si3.2ClH.Zr/c2*1-14-12-16-8-5-11-19(20(16)13-14)18-10-4-7-15-6-2-3-9-17(15)18;7-14(8,9)5-1-3-13-4-2-6-15(10,11)12;;;/h2*2-13H,1H3;13H,1-6H2;2*1H;/q;;;;;+2/p-2. The molecule has 0 amide bonds. The van der Waals surface area contributed by atoms with Gasteiger partial charge in [-0.3, -0.25) is 0 Å². The van der Waals surface area contributed by atoms with Crippen LogP contribution < -0.4 is 0 Å². The normalized spacial score (nSPS) is 17.6. The molecule has 0 heterocycles. The van der Waals surface area contributed by atoms with Crippen LogP contribution in [0, 0.1) is 0 Å². The molecule has 0 aromatic heterocycles. The monoisotopic (exact) mass is 1050 g/mol. The van der Waals surface area contributed by atoms with Gasteiger partial charge in [0.2, 0.25) is 0 Å². The van der Waals surface area contributed by atoms with Gasteiger partial charge in [-0.05, 0) is 0 Å². The van der Waals surface area contributed by atoms with Crippen molar-refractivity contribution in [3.05, 3.63) is 155 Å². The summed E-state index contributed by atoms with van der Waals surface area (Å²) in [6.07, 6.45) is 6.30. The van der Waals surface area contributed by atoms with Crippen molar-refractivity contribution in [1.82, 2.24) is 0 Å². The molecule has 0 saturated carbocycles. The average molecular weight is 1050 g/mol. The fraction of sp³-hybridized carbons (Fsp3) is 0.217. The van der Waals surface area contributed by atoms with Crippen molar-refractivity contribution in [2.24, 2.45) is 0 Å². The Kier molecular flexibility index (Phi) is 12.9. The molecule has 2 atom stereocenters. The van der Waals surface area contributed by atoms with Gasteiger partial charge in [0.05, 0.1) is 0 Å². The molecule has 12 heteroatoms. The predicted octanol–water partition coefficient (Wildman–Crippen LogP) is 17.8. The van der Waals surface area contributed by atoms with Crippen LogP contribution in [0.15, 0.2) is 132 Å². The summed E-state index contributed by atoms with van der Waals surface area (Å²) >= 11 is 34.0. The number of allylic oxidation sites excluding steroid dienone is 2. The zero-order valence-electron chi connectivity index (χ0n) is 32.2. The van der Waals surface area contributed by atoms with Gasteiger partial charge in [-0.15, -0.1) is 0 Å². The van der Waals surface area contributed by atoms with Crippen LogP contribution in [0.25, 0.3) is 56.0 Å². The summed E-state index contributed by atoms with van der Waals surface area (Å²) in [5.41, 5.74) is 12.1. The summed E-state index contributed by atoms with van der Waals surface area (Å²) in [6.45, 7) is 4.51. The van der Waals surface area contributed by atoms with Crippen LogP contribution in [0.2, 0.25) is 24.2 Å². The maximum atomic E-state index is 9.09. The molecular weight excluding hydrogens is 1010 g/mol. The van der Waals surface area contributed by atoms with Gasteiger partial charge in [0.25, 0.3) is 0 Å². The van der Waals surface area contributed by atoms with Gasteiger partial charge in [-0.2, -0.15) is 0 Å². The number of halogens is 8. The third-order valence-electron chi connectivity index (χ3n) is 12.6. The molecule has 0 bridgehead atoms. The van der Waals surface area contributed by atoms with Crippen LogP contribution in [0.5, 0.6) is 0 Å². The van der Waals surface area contributed by atoms with Crippen molar-refractivity contribution in [2.45, 2.75) is 58.1 Å². The van der Waals surface area contributed by atoms with Gasteiger partial charge in [-0.1, -0.05) is 0 Å². The minimum atomic E-state index is -5.39. The Morgan fingerprint density at radius 2 is 0.845 bits per heavy atom. The van der Waals surface area contributed by atoms with E-state index in [0.29, 0.717) is 12.1 Å². The van der Waals surface area contributed by atoms with E-state index in [1.165, 1.54) is 77.2 Å². The van der Waals surface area contributed by atoms with Gasteiger partial charge in [0.15, 0.2) is 0 Å². The second-order valence-electron chi connectivity index (χ2n) is 16.3. The zero-order chi connectivity index (χ0) is 41.1. The maximum absolute atomic E-state index is 9.09. The third kappa shape index (κ3) is 8.36. The van der Waals surface area contributed by atoms with Crippen LogP contribution in [0.4, 0.5) is 0 Å². The van der Waals surface area contributed by atoms with Crippen molar-refractivity contribution in [1.29, 1.82) is 0 Å². The average Bonchev–Trinajstić information content (AvgIpc) is 3.72. The molecule has 299 valence electrons. The molecule has 0 radical (unpaired) electrons. The third-order valence-corrected chi connectivity index (χ3v) is 66.7. The summed E-state index contributed by atoms with van der Waals surface area (Å²) < 4.78 is -0.246. The molecule has 6 aromatic rings. The van der Waals surface area contributed by atoms with Crippen LogP contribution in [0.1, 0.15) is 56.2 Å². The van der Waals surface area contributed by atoms with E-state index in [1.807, 2.05) is 0 Å². The Morgan fingerprint density at radius 1 is 0.483 bits per heavy atom. The number of rotatable bonds is 13. The molecule has 58 heavy (non-hydrogen) atoms. The molecule has 0 N–H and O–H groups in total. The second-order valence-corrected chi connectivity index (χ2v) is 75.1. The van der Waals surface area contributed by atoms with Gasteiger partial charge in [0, 0.05) is 0 Å². The Balaban J connectivity index is 1.35. The zero-order valence-corrected chi connectivity index (χ0v) is 43.9. The fourth-order valence-corrected chi connectivity index (χ4v) is 66.1. The number of hydrogen-bond acceptors (Lipinski definition) is 0. The van der Waals surface area contributed by atoms with E-state index in [4.69, 9.17) is 83.5 Å². The van der Waals surface area contributed by atoms with Gasteiger partial charge in [0.1, 0.15) is 0 Å². The van der Waals surface area contributed by atoms with Crippen LogP contribution in [-0.2, 0) is 15.6 Å². The van der Waals surface area contributed by atoms with Crippen LogP contribution in [-0.4, -0.2) is 17.9 Å². The fourth-order valence-electron chi connectivity index (χ4n) is 10.4. The Bertz CT molecular complexity index is 2430. The first-order valence-corrected chi connectivity index (χ1v) is 46.0. The molecule has 0 spiro atoms. The summed E-state index contributed by atoms with van der Waals surface area (Å²) in [5, 5.41) is 4.86. The van der Waals surface area contributed by atoms with Crippen molar-refractivity contribution in [3.8, 4) is 22.3 Å². The van der Waals surface area contributed by atoms with Crippen LogP contribution >= 0.6 is 83.5 Å². The van der Waals surface area contributed by atoms with Crippen molar-refractivity contribution >= 4 is 135 Å². The Morgan fingerprint density at radius 3 is 1.26 bits per heavy atom. The Hall–Kier alpha value is -0.826. The summed E-state index contributed by atoms with van der Waals surface area (Å²) in [4.78, 5) is 0. The SMILES string of the molecule is CC1=Cc2c(-c3cccc4ccccc34)cccc2[CH]1[Zr]([Cl])([Cl])([CH]1C(C)=Cc2c(-c3cccc4ccccc34)cccc21)[SiH](CCC[Si](Cl)(Cl)Cl)CCC[Si](Cl)(Cl)Cl. The number of hydrogen-bond donors (Lipinski definition) is 0. The van der Waals surface area contributed by atoms with E-state index in [1.54, 1.807) is 0 Å². The first-order chi connectivity index (χ1) is 27.5. The van der Waals surface area contributed by atoms with Gasteiger partial charge < -0.3 is 0 Å². The van der Waals surface area contributed by atoms with E-state index in [9.17, 15) is 0 Å². The van der Waals surface area contributed by atoms with E-state index >= 15 is 0 Å². The molecule has 0 nitrogen and oxygen atoms in total. The molecule has 0 aliphatic heterocycles. The molecule has 0 saturated heterocycles. The summed E-state index contributed by atoms with van der Waals surface area (Å²) in [6, 6.07) is 40.8. The minimum absolute atomic E-state index is 0.123. The van der Waals surface area contributed by atoms with E-state index in [2.05, 4.69) is 147 Å². The molecule has 6 aromatic carbocycles. The molecular formula is C46H43Cl8Si3Zr. The first kappa shape index (κ1) is 43.8. The van der Waals surface area contributed by atoms with E-state index in [-0.39, 0.29) is 7.25 Å². The first-order valence-electron chi connectivity index (χ1n) is 19.8. The summed E-state index contributed by atoms with van der Waals surface area (Å²) in [5.74, 6) is -2.17. The van der Waals surface area contributed by atoms with Crippen molar-refractivity contribution in [2.75, 3.05) is 0 Å². The Labute approximate surface area is 381 Å². The number of fused-ring (bicyclic) bond motifs is 4. The molecule has 2 unspecified atom stereocenters. The van der Waals surface area contributed by atoms with Crippen molar-refractivity contribution in [3.63, 3.8) is 0 Å². The molecule has 8 rings (SSSR count). The van der Waals surface area contributed by atoms with Gasteiger partial charge >= 0.3 is 386 Å². The van der Waals surface area contributed by atoms with Crippen LogP contribution in [0.3, 0.4) is 0 Å². The van der Waals surface area contributed by atoms with E-state index in [0.717, 1.165) is 24.9 Å². The second kappa shape index (κ2) is 17.0. The van der Waals surface area contributed by atoms with Crippen molar-refractivity contribution < 1.29 is 15.6 Å². The molecule has 2 aliphatic carbocycles. The van der Waals surface area contributed by atoms with E-state index < -0.39 is 33.5 Å². The predicted molar refractivity (Wildman–Crippen MR) is 265 cm³/mol.